The van der Waals surface area contributed by atoms with E-state index >= 15 is 0 Å². The highest BCUT2D eigenvalue weighted by atomic mass is 32.1. The summed E-state index contributed by atoms with van der Waals surface area (Å²) in [6.07, 6.45) is 0. The van der Waals surface area contributed by atoms with Crippen LogP contribution in [0.3, 0.4) is 0 Å². The molecule has 0 aliphatic heterocycles. The van der Waals surface area contributed by atoms with E-state index in [0.717, 1.165) is 0 Å². The number of carbonyl (C=O) groups excluding carboxylic acids is 2. The number of benzene rings is 2. The van der Waals surface area contributed by atoms with Gasteiger partial charge < -0.3 is 10.1 Å². The van der Waals surface area contributed by atoms with E-state index in [2.05, 4.69) is 15.6 Å². The quantitative estimate of drug-likeness (QED) is 0.382. The van der Waals surface area contributed by atoms with E-state index in [1.165, 1.54) is 45.2 Å². The van der Waals surface area contributed by atoms with Gasteiger partial charge in [0.15, 0.2) is 0 Å². The van der Waals surface area contributed by atoms with Crippen molar-refractivity contribution in [1.82, 2.24) is 20.3 Å². The summed E-state index contributed by atoms with van der Waals surface area (Å²) < 4.78 is 20.2. The van der Waals surface area contributed by atoms with E-state index < -0.39 is 17.8 Å². The highest BCUT2D eigenvalue weighted by Crippen LogP contribution is 2.31. The molecule has 0 aliphatic carbocycles. The van der Waals surface area contributed by atoms with E-state index in [-0.39, 0.29) is 19.0 Å². The number of methoxy groups -OCH3 is 1. The Bertz CT molecular complexity index is 1230. The molecule has 0 saturated heterocycles. The number of carbonyl (C=O) groups is 2. The van der Waals surface area contributed by atoms with Gasteiger partial charge in [0, 0.05) is 24.2 Å². The average Bonchev–Trinajstić information content (AvgIpc) is 3.49. The summed E-state index contributed by atoms with van der Waals surface area (Å²) in [5.74, 6) is -1.20. The lowest BCUT2D eigenvalue weighted by atomic mass is 10.1. The van der Waals surface area contributed by atoms with E-state index in [1.807, 2.05) is 29.6 Å². The van der Waals surface area contributed by atoms with Crippen LogP contribution in [-0.2, 0) is 20.9 Å². The number of nitrogens with zero attached hydrogens (tertiary/aromatic N) is 4. The van der Waals surface area contributed by atoms with Crippen molar-refractivity contribution in [1.29, 1.82) is 0 Å². The van der Waals surface area contributed by atoms with Crippen LogP contribution in [0.25, 0.3) is 11.0 Å². The number of aromatic nitrogens is 3. The number of rotatable bonds is 9. The van der Waals surface area contributed by atoms with Crippen LogP contribution in [0.2, 0.25) is 0 Å². The highest BCUT2D eigenvalue weighted by molar-refractivity contribution is 7.10. The molecule has 10 heteroatoms. The molecule has 2 heterocycles. The van der Waals surface area contributed by atoms with Crippen LogP contribution in [-0.4, -0.2) is 47.1 Å². The number of ether oxygens (including phenoxy) is 1. The molecule has 0 aliphatic rings. The smallest absolute Gasteiger partial charge is 0.249 e. The van der Waals surface area contributed by atoms with Crippen LogP contribution >= 0.6 is 11.3 Å². The molecule has 0 saturated carbocycles. The fourth-order valence-corrected chi connectivity index (χ4v) is 4.28. The third kappa shape index (κ3) is 5.07. The molecule has 1 unspecified atom stereocenters. The largest absolute Gasteiger partial charge is 0.383 e. The Hall–Kier alpha value is -3.63. The van der Waals surface area contributed by atoms with Crippen molar-refractivity contribution < 1.29 is 18.7 Å². The molecule has 1 atom stereocenters. The Morgan fingerprint density at radius 1 is 1.15 bits per heavy atom. The monoisotopic (exact) mass is 467 g/mol. The molecule has 2 aromatic heterocycles. The van der Waals surface area contributed by atoms with Gasteiger partial charge in [-0.05, 0) is 47.8 Å². The maximum Gasteiger partial charge on any atom is 0.249 e. The van der Waals surface area contributed by atoms with Crippen molar-refractivity contribution in [2.75, 3.05) is 25.2 Å². The van der Waals surface area contributed by atoms with Gasteiger partial charge in [-0.1, -0.05) is 23.4 Å². The lowest BCUT2D eigenvalue weighted by Crippen LogP contribution is -2.45. The van der Waals surface area contributed by atoms with E-state index in [0.29, 0.717) is 28.2 Å². The second kappa shape index (κ2) is 10.3. The van der Waals surface area contributed by atoms with Crippen LogP contribution in [0.1, 0.15) is 10.9 Å². The summed E-state index contributed by atoms with van der Waals surface area (Å²) in [4.78, 5) is 29.0. The highest BCUT2D eigenvalue weighted by Gasteiger charge is 2.34. The molecule has 0 spiro atoms. The van der Waals surface area contributed by atoms with Crippen LogP contribution in [0.15, 0.2) is 66.0 Å². The van der Waals surface area contributed by atoms with E-state index in [1.54, 1.807) is 19.2 Å². The van der Waals surface area contributed by atoms with Crippen LogP contribution in [0.4, 0.5) is 10.1 Å². The maximum atomic E-state index is 13.7. The molecule has 2 aromatic carbocycles. The normalized spacial score (nSPS) is 11.9. The Morgan fingerprint density at radius 3 is 2.67 bits per heavy atom. The fourth-order valence-electron chi connectivity index (χ4n) is 3.47. The third-order valence-electron chi connectivity index (χ3n) is 5.00. The molecule has 1 N–H and O–H groups in total. The molecule has 4 aromatic rings. The number of nitrogens with one attached hydrogen (secondary N) is 1. The van der Waals surface area contributed by atoms with Crippen molar-refractivity contribution in [3.63, 3.8) is 0 Å². The Morgan fingerprint density at radius 2 is 1.94 bits per heavy atom. The van der Waals surface area contributed by atoms with Gasteiger partial charge in [-0.25, -0.2) is 9.07 Å². The zero-order valence-corrected chi connectivity index (χ0v) is 18.7. The maximum absolute atomic E-state index is 13.7. The number of anilines is 1. The topological polar surface area (TPSA) is 89.4 Å². The molecule has 0 bridgehead atoms. The van der Waals surface area contributed by atoms with Crippen molar-refractivity contribution in [3.8, 4) is 0 Å². The van der Waals surface area contributed by atoms with Crippen LogP contribution in [0, 0.1) is 5.82 Å². The fraction of sp³-hybridized carbons (Fsp3) is 0.217. The molecule has 8 nitrogen and oxygen atoms in total. The average molecular weight is 468 g/mol. The Kier molecular flexibility index (Phi) is 7.06. The summed E-state index contributed by atoms with van der Waals surface area (Å²) in [6.45, 7) is 0.472. The number of thiophene rings is 1. The van der Waals surface area contributed by atoms with E-state index in [9.17, 15) is 14.0 Å². The number of halogens is 1. The van der Waals surface area contributed by atoms with Gasteiger partial charge in [0.1, 0.15) is 23.9 Å². The number of hydrogen-bond donors (Lipinski definition) is 1. The van der Waals surface area contributed by atoms with Gasteiger partial charge in [-0.2, -0.15) is 0 Å². The van der Waals surface area contributed by atoms with Crippen molar-refractivity contribution in [2.45, 2.75) is 12.6 Å². The molecule has 0 fully saturated rings. The summed E-state index contributed by atoms with van der Waals surface area (Å²) in [5.41, 5.74) is 1.75. The van der Waals surface area contributed by atoms with Gasteiger partial charge in [0.05, 0.1) is 12.1 Å². The Labute approximate surface area is 193 Å². The molecule has 4 rings (SSSR count). The number of amides is 2. The van der Waals surface area contributed by atoms with Gasteiger partial charge in [0.25, 0.3) is 0 Å². The first-order chi connectivity index (χ1) is 16.1. The zero-order valence-electron chi connectivity index (χ0n) is 17.8. The van der Waals surface area contributed by atoms with Crippen LogP contribution < -0.4 is 10.2 Å². The predicted molar refractivity (Wildman–Crippen MR) is 123 cm³/mol. The number of fused-ring (bicyclic) bond motifs is 1. The standard InChI is InChI=1S/C23H22FN5O3S/c1-32-13-12-25-23(31)22(20-7-4-14-33-20)29(17-10-8-16(24)9-11-17)21(30)15-28-19-6-3-2-5-18(19)26-27-28/h2-11,14,22H,12-13,15H2,1H3,(H,25,31). The first kappa shape index (κ1) is 22.6. The summed E-state index contributed by atoms with van der Waals surface area (Å²) in [5, 5.41) is 12.8. The van der Waals surface area contributed by atoms with E-state index in [4.69, 9.17) is 4.74 Å². The first-order valence-electron chi connectivity index (χ1n) is 10.2. The summed E-state index contributed by atoms with van der Waals surface area (Å²) >= 11 is 1.36. The molecule has 170 valence electrons. The molecular weight excluding hydrogens is 445 g/mol. The summed E-state index contributed by atoms with van der Waals surface area (Å²) in [7, 11) is 1.54. The molecule has 33 heavy (non-hydrogen) atoms. The lowest BCUT2D eigenvalue weighted by molar-refractivity contribution is -0.127. The molecular formula is C23H22FN5O3S. The molecule has 2 amide bonds. The third-order valence-corrected chi connectivity index (χ3v) is 5.93. The van der Waals surface area contributed by atoms with Gasteiger partial charge in [-0.15, -0.1) is 16.4 Å². The van der Waals surface area contributed by atoms with Crippen molar-refractivity contribution in [3.05, 3.63) is 76.7 Å². The first-order valence-corrected chi connectivity index (χ1v) is 11.1. The second-order valence-electron chi connectivity index (χ2n) is 7.18. The van der Waals surface area contributed by atoms with Crippen molar-refractivity contribution in [2.24, 2.45) is 0 Å². The minimum atomic E-state index is -0.949. The van der Waals surface area contributed by atoms with Gasteiger partial charge >= 0.3 is 0 Å². The lowest BCUT2D eigenvalue weighted by Gasteiger charge is -2.30. The molecule has 0 radical (unpaired) electrons. The van der Waals surface area contributed by atoms with Gasteiger partial charge in [-0.3, -0.25) is 14.5 Å². The summed E-state index contributed by atoms with van der Waals surface area (Å²) in [6, 6.07) is 15.4. The SMILES string of the molecule is COCCNC(=O)C(c1cccs1)N(C(=O)Cn1nnc2ccccc21)c1ccc(F)cc1. The Balaban J connectivity index is 1.73. The number of hydrogen-bond acceptors (Lipinski definition) is 6. The minimum absolute atomic E-state index is 0.148. The van der Waals surface area contributed by atoms with Crippen molar-refractivity contribution >= 4 is 39.9 Å². The minimum Gasteiger partial charge on any atom is -0.383 e. The second-order valence-corrected chi connectivity index (χ2v) is 8.16. The van der Waals surface area contributed by atoms with Crippen LogP contribution in [0.5, 0.6) is 0 Å². The van der Waals surface area contributed by atoms with Gasteiger partial charge in [0.2, 0.25) is 11.8 Å². The number of para-hydroxylation sites is 1. The predicted octanol–water partition coefficient (Wildman–Crippen LogP) is 3.17. The zero-order chi connectivity index (χ0) is 23.2.